The Hall–Kier alpha value is -1.57. The molecule has 0 aliphatic heterocycles. The van der Waals surface area contributed by atoms with Crippen molar-refractivity contribution in [2.45, 2.75) is 12.8 Å². The third kappa shape index (κ3) is 3.96. The molecular weight excluding hydrogens is 291 g/mol. The van der Waals surface area contributed by atoms with Crippen LogP contribution >= 0.6 is 23.2 Å². The summed E-state index contributed by atoms with van der Waals surface area (Å²) in [6.45, 7) is 0. The summed E-state index contributed by atoms with van der Waals surface area (Å²) in [5.74, 6) is 0. The van der Waals surface area contributed by atoms with Gasteiger partial charge in [-0.15, -0.1) is 0 Å². The minimum atomic E-state index is 0.568. The molecule has 20 heavy (non-hydrogen) atoms. The van der Waals surface area contributed by atoms with Crippen molar-refractivity contribution in [3.05, 3.63) is 75.3 Å². The molecule has 0 aliphatic rings. The Labute approximate surface area is 128 Å². The van der Waals surface area contributed by atoms with Gasteiger partial charge < -0.3 is 0 Å². The largest absolute Gasteiger partial charge is 0.299 e. The van der Waals surface area contributed by atoms with Crippen LogP contribution in [0.15, 0.2) is 48.5 Å². The molecule has 2 rings (SSSR count). The summed E-state index contributed by atoms with van der Waals surface area (Å²) in [6.07, 6.45) is 5.64. The maximum Gasteiger partial charge on any atom is 0.142 e. The topological polar surface area (TPSA) is 17.1 Å². The first kappa shape index (κ1) is 14.8. The van der Waals surface area contributed by atoms with Crippen molar-refractivity contribution in [3.63, 3.8) is 0 Å². The fourth-order valence-electron chi connectivity index (χ4n) is 2.09. The molecule has 0 aromatic heterocycles. The van der Waals surface area contributed by atoms with Gasteiger partial charge in [-0.1, -0.05) is 53.5 Å². The van der Waals surface area contributed by atoms with Crippen LogP contribution in [0.5, 0.6) is 0 Å². The van der Waals surface area contributed by atoms with Gasteiger partial charge in [-0.3, -0.25) is 4.79 Å². The molecule has 0 bridgehead atoms. The van der Waals surface area contributed by atoms with E-state index in [1.54, 1.807) is 12.1 Å². The Bertz CT molecular complexity index is 618. The molecule has 3 heteroatoms. The molecule has 0 saturated heterocycles. The number of aryl methyl sites for hydroxylation is 2. The number of hydrogen-bond donors (Lipinski definition) is 0. The zero-order chi connectivity index (χ0) is 14.4. The SMILES string of the molecule is O=C/C=C/c1c(Cl)cc(Cl)cc1CCc1ccccc1. The molecule has 2 aromatic rings. The zero-order valence-corrected chi connectivity index (χ0v) is 12.4. The van der Waals surface area contributed by atoms with E-state index in [1.807, 2.05) is 24.3 Å². The lowest BCUT2D eigenvalue weighted by molar-refractivity contribution is -0.104. The molecule has 2 aromatic carbocycles. The van der Waals surface area contributed by atoms with Crippen LogP contribution in [0.3, 0.4) is 0 Å². The Morgan fingerprint density at radius 1 is 1.00 bits per heavy atom. The van der Waals surface area contributed by atoms with Crippen LogP contribution in [0, 0.1) is 0 Å². The Balaban J connectivity index is 2.25. The van der Waals surface area contributed by atoms with Crippen LogP contribution in [-0.2, 0) is 17.6 Å². The Kier molecular flexibility index (Phi) is 5.40. The first-order chi connectivity index (χ1) is 9.70. The van der Waals surface area contributed by atoms with Crippen molar-refractivity contribution in [3.8, 4) is 0 Å². The lowest BCUT2D eigenvalue weighted by Crippen LogP contribution is -1.95. The van der Waals surface area contributed by atoms with Gasteiger partial charge >= 0.3 is 0 Å². The summed E-state index contributed by atoms with van der Waals surface area (Å²) >= 11 is 12.3. The Morgan fingerprint density at radius 2 is 1.75 bits per heavy atom. The summed E-state index contributed by atoms with van der Waals surface area (Å²) in [6, 6.07) is 13.8. The van der Waals surface area contributed by atoms with Gasteiger partial charge in [0.05, 0.1) is 0 Å². The van der Waals surface area contributed by atoms with Gasteiger partial charge in [-0.2, -0.15) is 0 Å². The van der Waals surface area contributed by atoms with Gasteiger partial charge in [0.15, 0.2) is 0 Å². The molecule has 0 amide bonds. The highest BCUT2D eigenvalue weighted by atomic mass is 35.5. The lowest BCUT2D eigenvalue weighted by atomic mass is 9.99. The number of allylic oxidation sites excluding steroid dienone is 1. The zero-order valence-electron chi connectivity index (χ0n) is 10.9. The monoisotopic (exact) mass is 304 g/mol. The fraction of sp³-hybridized carbons (Fsp3) is 0.118. The highest BCUT2D eigenvalue weighted by molar-refractivity contribution is 6.35. The number of rotatable bonds is 5. The third-order valence-electron chi connectivity index (χ3n) is 3.05. The summed E-state index contributed by atoms with van der Waals surface area (Å²) in [5.41, 5.74) is 3.16. The molecule has 0 atom stereocenters. The van der Waals surface area contributed by atoms with Crippen LogP contribution in [0.4, 0.5) is 0 Å². The van der Waals surface area contributed by atoms with E-state index in [0.717, 1.165) is 30.3 Å². The first-order valence-corrected chi connectivity index (χ1v) is 7.10. The fourth-order valence-corrected chi connectivity index (χ4v) is 2.69. The minimum Gasteiger partial charge on any atom is -0.299 e. The molecule has 0 N–H and O–H groups in total. The standard InChI is InChI=1S/C17H14Cl2O/c18-15-11-14(9-8-13-5-2-1-3-6-13)16(7-4-10-20)17(19)12-15/h1-7,10-12H,8-9H2/b7-4+. The number of aldehydes is 1. The lowest BCUT2D eigenvalue weighted by Gasteiger charge is -2.09. The predicted molar refractivity (Wildman–Crippen MR) is 85.4 cm³/mol. The second kappa shape index (κ2) is 7.28. The molecule has 0 fully saturated rings. The maximum absolute atomic E-state index is 10.5. The predicted octanol–water partition coefficient (Wildman–Crippen LogP) is 4.99. The van der Waals surface area contributed by atoms with Crippen molar-refractivity contribution in [2.75, 3.05) is 0 Å². The summed E-state index contributed by atoms with van der Waals surface area (Å²) < 4.78 is 0. The van der Waals surface area contributed by atoms with Crippen molar-refractivity contribution < 1.29 is 4.79 Å². The number of benzene rings is 2. The quantitative estimate of drug-likeness (QED) is 0.562. The van der Waals surface area contributed by atoms with Gasteiger partial charge in [-0.25, -0.2) is 0 Å². The van der Waals surface area contributed by atoms with Crippen LogP contribution < -0.4 is 0 Å². The molecule has 0 spiro atoms. The molecule has 102 valence electrons. The Morgan fingerprint density at radius 3 is 2.45 bits per heavy atom. The van der Waals surface area contributed by atoms with Crippen LogP contribution in [0.25, 0.3) is 6.08 Å². The molecule has 0 aliphatic carbocycles. The van der Waals surface area contributed by atoms with Crippen molar-refractivity contribution >= 4 is 35.6 Å². The number of carbonyl (C=O) groups is 1. The smallest absolute Gasteiger partial charge is 0.142 e. The molecule has 0 saturated carbocycles. The van der Waals surface area contributed by atoms with Gasteiger partial charge in [0.1, 0.15) is 6.29 Å². The summed E-state index contributed by atoms with van der Waals surface area (Å²) in [4.78, 5) is 10.5. The van der Waals surface area contributed by atoms with Gasteiger partial charge in [0.25, 0.3) is 0 Å². The maximum atomic E-state index is 10.5. The van der Waals surface area contributed by atoms with Crippen molar-refractivity contribution in [2.24, 2.45) is 0 Å². The van der Waals surface area contributed by atoms with E-state index in [9.17, 15) is 4.79 Å². The second-order valence-electron chi connectivity index (χ2n) is 4.44. The van der Waals surface area contributed by atoms with E-state index < -0.39 is 0 Å². The van der Waals surface area contributed by atoms with Gasteiger partial charge in [-0.05, 0) is 53.8 Å². The van der Waals surface area contributed by atoms with Crippen molar-refractivity contribution in [1.82, 2.24) is 0 Å². The molecule has 0 radical (unpaired) electrons. The second-order valence-corrected chi connectivity index (χ2v) is 5.28. The van der Waals surface area contributed by atoms with Crippen molar-refractivity contribution in [1.29, 1.82) is 0 Å². The van der Waals surface area contributed by atoms with E-state index in [-0.39, 0.29) is 0 Å². The average molecular weight is 305 g/mol. The van der Waals surface area contributed by atoms with E-state index in [4.69, 9.17) is 23.2 Å². The first-order valence-electron chi connectivity index (χ1n) is 6.34. The molecule has 1 nitrogen and oxygen atoms in total. The number of carbonyl (C=O) groups excluding carboxylic acids is 1. The minimum absolute atomic E-state index is 0.568. The third-order valence-corrected chi connectivity index (χ3v) is 3.58. The normalized spacial score (nSPS) is 10.9. The molecule has 0 unspecified atom stereocenters. The van der Waals surface area contributed by atoms with Crippen LogP contribution in [-0.4, -0.2) is 6.29 Å². The number of halogens is 2. The highest BCUT2D eigenvalue weighted by Gasteiger charge is 2.07. The average Bonchev–Trinajstić information content (AvgIpc) is 2.45. The van der Waals surface area contributed by atoms with Gasteiger partial charge in [0.2, 0.25) is 0 Å². The van der Waals surface area contributed by atoms with E-state index in [1.165, 1.54) is 11.6 Å². The van der Waals surface area contributed by atoms with E-state index >= 15 is 0 Å². The molecule has 0 heterocycles. The summed E-state index contributed by atoms with van der Waals surface area (Å²) in [7, 11) is 0. The van der Waals surface area contributed by atoms with Gasteiger partial charge in [0, 0.05) is 10.0 Å². The van der Waals surface area contributed by atoms with Crippen LogP contribution in [0.1, 0.15) is 16.7 Å². The number of hydrogen-bond acceptors (Lipinski definition) is 1. The van der Waals surface area contributed by atoms with E-state index in [0.29, 0.717) is 10.0 Å². The summed E-state index contributed by atoms with van der Waals surface area (Å²) in [5, 5.41) is 1.18. The highest BCUT2D eigenvalue weighted by Crippen LogP contribution is 2.27. The van der Waals surface area contributed by atoms with Crippen LogP contribution in [0.2, 0.25) is 10.0 Å². The molecular formula is C17H14Cl2O. The van der Waals surface area contributed by atoms with E-state index in [2.05, 4.69) is 12.1 Å².